The number of ketones is 1. The summed E-state index contributed by atoms with van der Waals surface area (Å²) < 4.78 is 0. The van der Waals surface area contributed by atoms with Crippen molar-refractivity contribution in [2.24, 2.45) is 5.92 Å². The molecule has 1 fully saturated rings. The van der Waals surface area contributed by atoms with E-state index < -0.39 is 23.7 Å². The number of Topliss-reactive ketones (excluding diaryl/α,β-unsaturated/α-hetero) is 1. The van der Waals surface area contributed by atoms with Gasteiger partial charge in [0.05, 0.1) is 6.04 Å². The lowest BCUT2D eigenvalue weighted by molar-refractivity contribution is -0.137. The average molecular weight is 413 g/mol. The van der Waals surface area contributed by atoms with Gasteiger partial charge in [-0.25, -0.2) is 5.43 Å². The molecule has 6 nitrogen and oxygen atoms in total. The van der Waals surface area contributed by atoms with Crippen LogP contribution >= 0.6 is 0 Å². The zero-order valence-corrected chi connectivity index (χ0v) is 17.0. The maximum absolute atomic E-state index is 13.3. The van der Waals surface area contributed by atoms with E-state index in [2.05, 4.69) is 16.2 Å². The zero-order valence-electron chi connectivity index (χ0n) is 17.0. The number of carbonyl (C=O) groups excluding carboxylic acids is 3. The van der Waals surface area contributed by atoms with E-state index in [4.69, 9.17) is 0 Å². The van der Waals surface area contributed by atoms with Gasteiger partial charge in [0.2, 0.25) is 11.8 Å². The molecule has 3 aromatic rings. The van der Waals surface area contributed by atoms with E-state index in [1.165, 1.54) is 6.92 Å². The van der Waals surface area contributed by atoms with Gasteiger partial charge in [0.1, 0.15) is 5.92 Å². The molecule has 156 valence electrons. The fourth-order valence-corrected chi connectivity index (χ4v) is 4.00. The van der Waals surface area contributed by atoms with Crippen molar-refractivity contribution in [3.8, 4) is 0 Å². The number of hydrogen-bond donors (Lipinski definition) is 3. The van der Waals surface area contributed by atoms with E-state index in [1.54, 1.807) is 24.3 Å². The SMILES string of the molecule is CC(=O)c1cccc(NC(=O)C2C(=O)NNC(c3ccccc3)C2c2ccccc2)c1. The van der Waals surface area contributed by atoms with Crippen LogP contribution < -0.4 is 16.2 Å². The molecule has 1 aliphatic heterocycles. The lowest BCUT2D eigenvalue weighted by atomic mass is 9.76. The fourth-order valence-electron chi connectivity index (χ4n) is 4.00. The Morgan fingerprint density at radius 1 is 0.839 bits per heavy atom. The second kappa shape index (κ2) is 8.93. The summed E-state index contributed by atoms with van der Waals surface area (Å²) >= 11 is 0. The molecule has 0 radical (unpaired) electrons. The standard InChI is InChI=1S/C25H23N3O3/c1-16(29)19-13-8-14-20(15-19)26-24(30)22-21(17-9-4-2-5-10-17)23(27-28-25(22)31)18-11-6-3-7-12-18/h2-15,21-23,27H,1H3,(H,26,30)(H,28,31). The van der Waals surface area contributed by atoms with E-state index in [1.807, 2.05) is 60.7 Å². The Bertz CT molecular complexity index is 1100. The van der Waals surface area contributed by atoms with Crippen molar-refractivity contribution in [1.29, 1.82) is 0 Å². The first kappa shape index (κ1) is 20.5. The molecule has 3 aromatic carbocycles. The molecule has 31 heavy (non-hydrogen) atoms. The first-order valence-electron chi connectivity index (χ1n) is 10.1. The molecule has 0 bridgehead atoms. The van der Waals surface area contributed by atoms with Crippen LogP contribution in [0.2, 0.25) is 0 Å². The van der Waals surface area contributed by atoms with Crippen LogP contribution in [0.4, 0.5) is 5.69 Å². The Balaban J connectivity index is 1.70. The predicted molar refractivity (Wildman–Crippen MR) is 118 cm³/mol. The van der Waals surface area contributed by atoms with Crippen molar-refractivity contribution >= 4 is 23.3 Å². The number of hydrogen-bond acceptors (Lipinski definition) is 4. The largest absolute Gasteiger partial charge is 0.325 e. The minimum Gasteiger partial charge on any atom is -0.325 e. The highest BCUT2D eigenvalue weighted by Gasteiger charge is 2.44. The van der Waals surface area contributed by atoms with Crippen molar-refractivity contribution in [2.75, 3.05) is 5.32 Å². The summed E-state index contributed by atoms with van der Waals surface area (Å²) in [5, 5.41) is 2.83. The Labute approximate surface area is 180 Å². The highest BCUT2D eigenvalue weighted by molar-refractivity contribution is 6.08. The molecular formula is C25H23N3O3. The van der Waals surface area contributed by atoms with Gasteiger partial charge in [-0.1, -0.05) is 72.8 Å². The maximum Gasteiger partial charge on any atom is 0.247 e. The van der Waals surface area contributed by atoms with Crippen LogP contribution in [0, 0.1) is 5.92 Å². The molecule has 0 spiro atoms. The number of rotatable bonds is 5. The monoisotopic (exact) mass is 413 g/mol. The lowest BCUT2D eigenvalue weighted by Crippen LogP contribution is -2.56. The second-order valence-electron chi connectivity index (χ2n) is 7.56. The van der Waals surface area contributed by atoms with E-state index in [9.17, 15) is 14.4 Å². The molecule has 1 heterocycles. The predicted octanol–water partition coefficient (Wildman–Crippen LogP) is 3.60. The van der Waals surface area contributed by atoms with E-state index in [0.717, 1.165) is 11.1 Å². The highest BCUT2D eigenvalue weighted by Crippen LogP contribution is 2.39. The van der Waals surface area contributed by atoms with Crippen LogP contribution in [-0.4, -0.2) is 17.6 Å². The van der Waals surface area contributed by atoms with Crippen molar-refractivity contribution in [3.05, 3.63) is 102 Å². The van der Waals surface area contributed by atoms with Crippen molar-refractivity contribution < 1.29 is 14.4 Å². The van der Waals surface area contributed by atoms with Gasteiger partial charge in [-0.15, -0.1) is 0 Å². The van der Waals surface area contributed by atoms with Crippen LogP contribution in [0.1, 0.15) is 40.4 Å². The van der Waals surface area contributed by atoms with Crippen LogP contribution in [0.5, 0.6) is 0 Å². The zero-order chi connectivity index (χ0) is 21.8. The number of hydrazine groups is 1. The van der Waals surface area contributed by atoms with Gasteiger partial charge in [0.25, 0.3) is 0 Å². The minimum absolute atomic E-state index is 0.0954. The smallest absolute Gasteiger partial charge is 0.247 e. The first-order chi connectivity index (χ1) is 15.0. The van der Waals surface area contributed by atoms with Crippen molar-refractivity contribution in [1.82, 2.24) is 10.9 Å². The van der Waals surface area contributed by atoms with Gasteiger partial charge >= 0.3 is 0 Å². The summed E-state index contributed by atoms with van der Waals surface area (Å²) in [6, 6.07) is 25.7. The molecule has 1 saturated heterocycles. The van der Waals surface area contributed by atoms with Crippen molar-refractivity contribution in [3.63, 3.8) is 0 Å². The fraction of sp³-hybridized carbons (Fsp3) is 0.160. The molecule has 3 unspecified atom stereocenters. The average Bonchev–Trinajstić information content (AvgIpc) is 2.80. The van der Waals surface area contributed by atoms with Crippen LogP contribution in [0.15, 0.2) is 84.9 Å². The summed E-state index contributed by atoms with van der Waals surface area (Å²) in [7, 11) is 0. The van der Waals surface area contributed by atoms with E-state index in [0.29, 0.717) is 11.3 Å². The third kappa shape index (κ3) is 4.39. The van der Waals surface area contributed by atoms with Crippen molar-refractivity contribution in [2.45, 2.75) is 18.9 Å². The molecule has 0 aromatic heterocycles. The van der Waals surface area contributed by atoms with Gasteiger partial charge in [-0.2, -0.15) is 0 Å². The van der Waals surface area contributed by atoms with Gasteiger partial charge < -0.3 is 5.32 Å². The molecule has 0 saturated carbocycles. The van der Waals surface area contributed by atoms with Crippen LogP contribution in [-0.2, 0) is 9.59 Å². The van der Waals surface area contributed by atoms with Crippen LogP contribution in [0.3, 0.4) is 0 Å². The van der Waals surface area contributed by atoms with E-state index in [-0.39, 0.29) is 11.8 Å². The lowest BCUT2D eigenvalue weighted by Gasteiger charge is -2.38. The molecule has 3 N–H and O–H groups in total. The number of nitrogens with one attached hydrogen (secondary N) is 3. The molecule has 1 aliphatic rings. The Kier molecular flexibility index (Phi) is 5.91. The second-order valence-corrected chi connectivity index (χ2v) is 7.56. The molecule has 6 heteroatoms. The molecule has 4 rings (SSSR count). The first-order valence-corrected chi connectivity index (χ1v) is 10.1. The Morgan fingerprint density at radius 3 is 2.13 bits per heavy atom. The molecular weight excluding hydrogens is 390 g/mol. The van der Waals surface area contributed by atoms with Gasteiger partial charge in [0.15, 0.2) is 5.78 Å². The summed E-state index contributed by atoms with van der Waals surface area (Å²) in [6.07, 6.45) is 0. The number of anilines is 1. The molecule has 0 aliphatic carbocycles. The summed E-state index contributed by atoms with van der Waals surface area (Å²) in [4.78, 5) is 37.9. The number of carbonyl (C=O) groups is 3. The molecule has 3 atom stereocenters. The van der Waals surface area contributed by atoms with Gasteiger partial charge in [-0.3, -0.25) is 19.8 Å². The topological polar surface area (TPSA) is 87.3 Å². The van der Waals surface area contributed by atoms with E-state index >= 15 is 0 Å². The number of benzene rings is 3. The van der Waals surface area contributed by atoms with Gasteiger partial charge in [-0.05, 0) is 30.2 Å². The third-order valence-corrected chi connectivity index (χ3v) is 5.51. The maximum atomic E-state index is 13.3. The quantitative estimate of drug-likeness (QED) is 0.441. The summed E-state index contributed by atoms with van der Waals surface area (Å²) in [6.45, 7) is 1.47. The third-order valence-electron chi connectivity index (χ3n) is 5.51. The molecule has 2 amide bonds. The van der Waals surface area contributed by atoms with Gasteiger partial charge in [0, 0.05) is 17.2 Å². The Hall–Kier alpha value is -3.77. The summed E-state index contributed by atoms with van der Waals surface area (Å²) in [5.74, 6) is -2.30. The van der Waals surface area contributed by atoms with Crippen LogP contribution in [0.25, 0.3) is 0 Å². The normalized spacial score (nSPS) is 20.5. The summed E-state index contributed by atoms with van der Waals surface area (Å²) in [5.41, 5.74) is 8.58. The highest BCUT2D eigenvalue weighted by atomic mass is 16.2. The minimum atomic E-state index is -0.963. The Morgan fingerprint density at radius 2 is 1.48 bits per heavy atom. The number of amides is 2.